The molecule has 0 unspecified atom stereocenters. The van der Waals surface area contributed by atoms with Crippen LogP contribution in [0.15, 0.2) is 167 Å². The van der Waals surface area contributed by atoms with Crippen LogP contribution in [0.5, 0.6) is 0 Å². The van der Waals surface area contributed by atoms with Gasteiger partial charge in [-0.15, -0.1) is 0 Å². The van der Waals surface area contributed by atoms with E-state index in [1.54, 1.807) is 0 Å². The lowest BCUT2D eigenvalue weighted by atomic mass is 9.98. The maximum atomic E-state index is 6.46. The second-order valence-electron chi connectivity index (χ2n) is 11.4. The van der Waals surface area contributed by atoms with Gasteiger partial charge in [0.15, 0.2) is 0 Å². The standard InChI is InChI=1S/C42H26O2/c1-3-9-27(10-4-1)29-13-7-15-31(21-29)33-17-19-35-37-25-42-38(26-41(37)43-39(35)23-33)36-20-18-34(24-40(36)44-42)32-16-8-14-30(22-32)28-11-5-2-6-12-28/h1-26H. The number of benzene rings is 7. The average molecular weight is 563 g/mol. The molecule has 0 atom stereocenters. The highest BCUT2D eigenvalue weighted by atomic mass is 16.3. The van der Waals surface area contributed by atoms with Gasteiger partial charge >= 0.3 is 0 Å². The molecule has 0 amide bonds. The van der Waals surface area contributed by atoms with Gasteiger partial charge < -0.3 is 8.83 Å². The fourth-order valence-corrected chi connectivity index (χ4v) is 6.42. The fourth-order valence-electron chi connectivity index (χ4n) is 6.42. The molecule has 2 aromatic heterocycles. The molecular formula is C42H26O2. The fraction of sp³-hybridized carbons (Fsp3) is 0. The third kappa shape index (κ3) is 4.11. The molecule has 2 heterocycles. The van der Waals surface area contributed by atoms with Crippen molar-refractivity contribution in [2.45, 2.75) is 0 Å². The van der Waals surface area contributed by atoms with Crippen LogP contribution in [0, 0.1) is 0 Å². The Labute approximate surface area is 254 Å². The lowest BCUT2D eigenvalue weighted by Crippen LogP contribution is -1.81. The van der Waals surface area contributed by atoms with Crippen LogP contribution < -0.4 is 0 Å². The van der Waals surface area contributed by atoms with Crippen molar-refractivity contribution in [2.24, 2.45) is 0 Å². The molecule has 0 spiro atoms. The Morgan fingerprint density at radius 3 is 1.00 bits per heavy atom. The van der Waals surface area contributed by atoms with E-state index in [1.807, 2.05) is 12.1 Å². The summed E-state index contributed by atoms with van der Waals surface area (Å²) < 4.78 is 12.9. The normalized spacial score (nSPS) is 11.6. The van der Waals surface area contributed by atoms with E-state index in [4.69, 9.17) is 8.83 Å². The number of furan rings is 2. The molecule has 0 radical (unpaired) electrons. The summed E-state index contributed by atoms with van der Waals surface area (Å²) in [6.07, 6.45) is 0. The Morgan fingerprint density at radius 2 is 0.568 bits per heavy atom. The molecule has 9 aromatic rings. The number of hydrogen-bond acceptors (Lipinski definition) is 2. The van der Waals surface area contributed by atoms with Crippen molar-refractivity contribution in [3.63, 3.8) is 0 Å². The van der Waals surface area contributed by atoms with E-state index in [0.717, 1.165) is 55.0 Å². The molecule has 0 aliphatic carbocycles. The van der Waals surface area contributed by atoms with Gasteiger partial charge in [0.25, 0.3) is 0 Å². The van der Waals surface area contributed by atoms with Crippen LogP contribution >= 0.6 is 0 Å². The zero-order valence-corrected chi connectivity index (χ0v) is 23.8. The van der Waals surface area contributed by atoms with E-state index < -0.39 is 0 Å². The summed E-state index contributed by atoms with van der Waals surface area (Å²) in [5.74, 6) is 0. The van der Waals surface area contributed by atoms with E-state index in [0.29, 0.717) is 0 Å². The minimum Gasteiger partial charge on any atom is -0.456 e. The Bertz CT molecular complexity index is 2300. The van der Waals surface area contributed by atoms with Crippen molar-refractivity contribution in [1.29, 1.82) is 0 Å². The molecule has 2 nitrogen and oxygen atoms in total. The topological polar surface area (TPSA) is 26.3 Å². The lowest BCUT2D eigenvalue weighted by molar-refractivity contribution is 0.664. The Morgan fingerprint density at radius 1 is 0.227 bits per heavy atom. The molecule has 0 aliphatic heterocycles. The van der Waals surface area contributed by atoms with E-state index in [9.17, 15) is 0 Å². The number of rotatable bonds is 4. The van der Waals surface area contributed by atoms with Crippen molar-refractivity contribution < 1.29 is 8.83 Å². The summed E-state index contributed by atoms with van der Waals surface area (Å²) in [6.45, 7) is 0. The van der Waals surface area contributed by atoms with Crippen LogP contribution in [0.25, 0.3) is 88.4 Å². The largest absolute Gasteiger partial charge is 0.456 e. The predicted molar refractivity (Wildman–Crippen MR) is 183 cm³/mol. The molecule has 206 valence electrons. The molecule has 44 heavy (non-hydrogen) atoms. The van der Waals surface area contributed by atoms with E-state index in [-0.39, 0.29) is 0 Å². The van der Waals surface area contributed by atoms with Gasteiger partial charge in [0.2, 0.25) is 0 Å². The molecule has 7 aromatic carbocycles. The molecule has 0 aliphatic rings. The van der Waals surface area contributed by atoms with Gasteiger partial charge in [-0.3, -0.25) is 0 Å². The van der Waals surface area contributed by atoms with Gasteiger partial charge in [0, 0.05) is 21.5 Å². The van der Waals surface area contributed by atoms with Crippen LogP contribution in [-0.4, -0.2) is 0 Å². The average Bonchev–Trinajstić information content (AvgIpc) is 3.64. The highest BCUT2D eigenvalue weighted by Crippen LogP contribution is 2.39. The van der Waals surface area contributed by atoms with E-state index >= 15 is 0 Å². The van der Waals surface area contributed by atoms with Crippen LogP contribution in [0.3, 0.4) is 0 Å². The summed E-state index contributed by atoms with van der Waals surface area (Å²) in [5, 5.41) is 4.30. The molecular weight excluding hydrogens is 536 g/mol. The first-order chi connectivity index (χ1) is 21.8. The van der Waals surface area contributed by atoms with E-state index in [1.165, 1.54) is 33.4 Å². The van der Waals surface area contributed by atoms with Crippen LogP contribution in [0.1, 0.15) is 0 Å². The van der Waals surface area contributed by atoms with Crippen molar-refractivity contribution >= 4 is 43.9 Å². The molecule has 0 N–H and O–H groups in total. The summed E-state index contributed by atoms with van der Waals surface area (Å²) in [5.41, 5.74) is 12.9. The third-order valence-corrected chi connectivity index (χ3v) is 8.67. The zero-order valence-electron chi connectivity index (χ0n) is 23.8. The molecule has 9 rings (SSSR count). The first-order valence-electron chi connectivity index (χ1n) is 14.9. The highest BCUT2D eigenvalue weighted by Gasteiger charge is 2.15. The maximum Gasteiger partial charge on any atom is 0.136 e. The van der Waals surface area contributed by atoms with Crippen molar-refractivity contribution in [3.8, 4) is 44.5 Å². The predicted octanol–water partition coefficient (Wildman–Crippen LogP) is 12.2. The Kier molecular flexibility index (Phi) is 5.54. The number of hydrogen-bond donors (Lipinski definition) is 0. The molecule has 0 bridgehead atoms. The van der Waals surface area contributed by atoms with Crippen LogP contribution in [0.2, 0.25) is 0 Å². The van der Waals surface area contributed by atoms with Gasteiger partial charge in [0.1, 0.15) is 22.3 Å². The molecule has 2 heteroatoms. The summed E-state index contributed by atoms with van der Waals surface area (Å²) >= 11 is 0. The minimum atomic E-state index is 0.866. The Hall–Kier alpha value is -5.86. The monoisotopic (exact) mass is 562 g/mol. The van der Waals surface area contributed by atoms with E-state index in [2.05, 4.69) is 146 Å². The molecule has 0 saturated carbocycles. The first kappa shape index (κ1) is 24.7. The van der Waals surface area contributed by atoms with Gasteiger partial charge in [-0.2, -0.15) is 0 Å². The minimum absolute atomic E-state index is 0.866. The highest BCUT2D eigenvalue weighted by molar-refractivity contribution is 6.15. The lowest BCUT2D eigenvalue weighted by Gasteiger charge is -2.06. The molecule has 0 saturated heterocycles. The SMILES string of the molecule is c1ccc(-c2cccc(-c3ccc4c(c3)oc3cc5c(cc34)oc3cc(-c4cccc(-c6ccccc6)c4)ccc35)c2)cc1. The third-order valence-electron chi connectivity index (χ3n) is 8.67. The van der Waals surface area contributed by atoms with Crippen LogP contribution in [0.4, 0.5) is 0 Å². The van der Waals surface area contributed by atoms with Crippen molar-refractivity contribution in [3.05, 3.63) is 158 Å². The summed E-state index contributed by atoms with van der Waals surface area (Å²) in [6, 6.07) is 55.5. The van der Waals surface area contributed by atoms with Gasteiger partial charge in [-0.05, 0) is 93.0 Å². The maximum absolute atomic E-state index is 6.46. The first-order valence-corrected chi connectivity index (χ1v) is 14.9. The van der Waals surface area contributed by atoms with Gasteiger partial charge in [-0.1, -0.05) is 109 Å². The smallest absolute Gasteiger partial charge is 0.136 e. The summed E-state index contributed by atoms with van der Waals surface area (Å²) in [7, 11) is 0. The quantitative estimate of drug-likeness (QED) is 0.213. The summed E-state index contributed by atoms with van der Waals surface area (Å²) in [4.78, 5) is 0. The van der Waals surface area contributed by atoms with Crippen LogP contribution in [-0.2, 0) is 0 Å². The van der Waals surface area contributed by atoms with Gasteiger partial charge in [0.05, 0.1) is 0 Å². The second kappa shape index (κ2) is 9.86. The van der Waals surface area contributed by atoms with Gasteiger partial charge in [-0.25, -0.2) is 0 Å². The second-order valence-corrected chi connectivity index (χ2v) is 11.4. The number of fused-ring (bicyclic) bond motifs is 6. The van der Waals surface area contributed by atoms with Crippen molar-refractivity contribution in [1.82, 2.24) is 0 Å². The Balaban J connectivity index is 1.10. The molecule has 0 fully saturated rings. The zero-order chi connectivity index (χ0) is 29.0. The van der Waals surface area contributed by atoms with Crippen molar-refractivity contribution in [2.75, 3.05) is 0 Å².